The highest BCUT2D eigenvalue weighted by molar-refractivity contribution is 5.94. The fourth-order valence-corrected chi connectivity index (χ4v) is 4.16. The highest BCUT2D eigenvalue weighted by Crippen LogP contribution is 2.32. The van der Waals surface area contributed by atoms with Gasteiger partial charge in [0.2, 0.25) is 0 Å². The number of nitrogens with zero attached hydrogens (tertiary/aromatic N) is 1. The number of hydrogen-bond donors (Lipinski definition) is 2. The van der Waals surface area contributed by atoms with Crippen LogP contribution < -0.4 is 5.32 Å². The third kappa shape index (κ3) is 3.80. The van der Waals surface area contributed by atoms with Crippen LogP contribution in [0.1, 0.15) is 52.9 Å². The van der Waals surface area contributed by atoms with Crippen LogP contribution in [0.4, 0.5) is 0 Å². The zero-order valence-corrected chi connectivity index (χ0v) is 15.0. The molecule has 1 aromatic heterocycles. The second kappa shape index (κ2) is 7.58. The highest BCUT2D eigenvalue weighted by atomic mass is 16.3. The van der Waals surface area contributed by atoms with Gasteiger partial charge < -0.3 is 10.4 Å². The number of rotatable bonds is 5. The summed E-state index contributed by atoms with van der Waals surface area (Å²) in [5.74, 6) is 0.300. The van der Waals surface area contributed by atoms with E-state index in [4.69, 9.17) is 0 Å². The third-order valence-corrected chi connectivity index (χ3v) is 5.80. The molecular weight excluding hydrogens is 324 g/mol. The van der Waals surface area contributed by atoms with E-state index in [1.54, 1.807) is 6.20 Å². The summed E-state index contributed by atoms with van der Waals surface area (Å²) in [6.45, 7) is 0. The van der Waals surface area contributed by atoms with E-state index in [-0.39, 0.29) is 18.1 Å². The summed E-state index contributed by atoms with van der Waals surface area (Å²) in [7, 11) is 0. The van der Waals surface area contributed by atoms with E-state index in [0.29, 0.717) is 12.3 Å². The van der Waals surface area contributed by atoms with Crippen molar-refractivity contribution in [3.63, 3.8) is 0 Å². The fraction of sp³-hybridized carbons (Fsp3) is 0.455. The summed E-state index contributed by atoms with van der Waals surface area (Å²) < 4.78 is 0. The largest absolute Gasteiger partial charge is 0.393 e. The van der Waals surface area contributed by atoms with Gasteiger partial charge in [0.15, 0.2) is 0 Å². The number of pyridine rings is 1. The summed E-state index contributed by atoms with van der Waals surface area (Å²) in [4.78, 5) is 17.3. The van der Waals surface area contributed by atoms with E-state index < -0.39 is 0 Å². The molecule has 26 heavy (non-hydrogen) atoms. The molecule has 4 rings (SSSR count). The number of benzene rings is 1. The van der Waals surface area contributed by atoms with Crippen LogP contribution in [0, 0.1) is 5.92 Å². The van der Waals surface area contributed by atoms with Gasteiger partial charge in [0.05, 0.1) is 6.10 Å². The van der Waals surface area contributed by atoms with Gasteiger partial charge in [0.25, 0.3) is 5.91 Å². The monoisotopic (exact) mass is 350 g/mol. The molecule has 2 aliphatic carbocycles. The lowest BCUT2D eigenvalue weighted by Gasteiger charge is -2.38. The average Bonchev–Trinajstić information content (AvgIpc) is 2.65. The predicted octanol–water partition coefficient (Wildman–Crippen LogP) is 3.07. The van der Waals surface area contributed by atoms with E-state index in [2.05, 4.69) is 22.4 Å². The van der Waals surface area contributed by atoms with Gasteiger partial charge >= 0.3 is 0 Å². The number of carbonyl (C=O) groups is 1. The summed E-state index contributed by atoms with van der Waals surface area (Å²) in [6, 6.07) is 12.0. The van der Waals surface area contributed by atoms with Crippen molar-refractivity contribution in [3.05, 3.63) is 65.0 Å². The minimum absolute atomic E-state index is 0.0110. The number of amides is 1. The lowest BCUT2D eigenvalue weighted by molar-refractivity contribution is 0.0238. The first-order valence-electron chi connectivity index (χ1n) is 9.69. The number of nitrogens with one attached hydrogen (secondary N) is 1. The van der Waals surface area contributed by atoms with Gasteiger partial charge in [-0.05, 0) is 79.8 Å². The van der Waals surface area contributed by atoms with E-state index in [1.807, 2.05) is 24.3 Å². The van der Waals surface area contributed by atoms with Crippen molar-refractivity contribution in [2.24, 2.45) is 5.92 Å². The number of fused-ring (bicyclic) bond motifs is 1. The Balaban J connectivity index is 1.48. The number of aliphatic hydroxyl groups excluding tert-OH is 1. The average molecular weight is 350 g/mol. The molecule has 2 aliphatic rings. The quantitative estimate of drug-likeness (QED) is 0.871. The highest BCUT2D eigenvalue weighted by Gasteiger charge is 2.35. The Hall–Kier alpha value is -2.20. The molecule has 0 saturated heterocycles. The van der Waals surface area contributed by atoms with Gasteiger partial charge in [-0.3, -0.25) is 9.78 Å². The first-order valence-corrected chi connectivity index (χ1v) is 9.69. The molecule has 1 amide bonds. The van der Waals surface area contributed by atoms with Gasteiger partial charge in [-0.15, -0.1) is 0 Å². The number of aryl methyl sites for hydroxylation is 2. The molecule has 1 aromatic carbocycles. The molecule has 1 atom stereocenters. The molecule has 1 saturated carbocycles. The first kappa shape index (κ1) is 17.2. The van der Waals surface area contributed by atoms with Crippen molar-refractivity contribution >= 4 is 5.91 Å². The maximum atomic E-state index is 12.9. The zero-order chi connectivity index (χ0) is 17.9. The van der Waals surface area contributed by atoms with Crippen LogP contribution in [-0.2, 0) is 19.3 Å². The summed E-state index contributed by atoms with van der Waals surface area (Å²) in [6.07, 6.45) is 8.41. The fourth-order valence-electron chi connectivity index (χ4n) is 4.16. The SMILES string of the molecule is O=C(N[C@@H](Cc1ccccn1)C1CC(O)C1)c1ccc2c(c1)CCCC2. The zero-order valence-electron chi connectivity index (χ0n) is 15.0. The van der Waals surface area contributed by atoms with E-state index >= 15 is 0 Å². The Kier molecular flexibility index (Phi) is 5.02. The number of aliphatic hydroxyl groups is 1. The van der Waals surface area contributed by atoms with E-state index in [0.717, 1.165) is 36.9 Å². The number of hydrogen-bond acceptors (Lipinski definition) is 3. The predicted molar refractivity (Wildman–Crippen MR) is 101 cm³/mol. The van der Waals surface area contributed by atoms with Gasteiger partial charge in [-0.25, -0.2) is 0 Å². The Morgan fingerprint density at radius 1 is 1.15 bits per heavy atom. The molecule has 0 aliphatic heterocycles. The van der Waals surface area contributed by atoms with Crippen LogP contribution in [0.3, 0.4) is 0 Å². The van der Waals surface area contributed by atoms with Crippen molar-refractivity contribution < 1.29 is 9.90 Å². The smallest absolute Gasteiger partial charge is 0.251 e. The topological polar surface area (TPSA) is 62.2 Å². The van der Waals surface area contributed by atoms with Gasteiger partial charge in [-0.1, -0.05) is 12.1 Å². The van der Waals surface area contributed by atoms with Gasteiger partial charge in [-0.2, -0.15) is 0 Å². The Morgan fingerprint density at radius 2 is 1.96 bits per heavy atom. The molecule has 136 valence electrons. The minimum Gasteiger partial charge on any atom is -0.393 e. The molecule has 0 spiro atoms. The lowest BCUT2D eigenvalue weighted by Crippen LogP contribution is -2.48. The molecule has 4 heteroatoms. The number of carbonyl (C=O) groups excluding carboxylic acids is 1. The Labute approximate surface area is 154 Å². The van der Waals surface area contributed by atoms with E-state index in [9.17, 15) is 9.90 Å². The van der Waals surface area contributed by atoms with Crippen LogP contribution in [0.2, 0.25) is 0 Å². The summed E-state index contributed by atoms with van der Waals surface area (Å²) in [5, 5.41) is 12.9. The van der Waals surface area contributed by atoms with E-state index in [1.165, 1.54) is 24.0 Å². The maximum absolute atomic E-state index is 12.9. The molecular formula is C22H26N2O2. The normalized spacial score (nSPS) is 22.8. The Bertz CT molecular complexity index is 769. The third-order valence-electron chi connectivity index (χ3n) is 5.80. The van der Waals surface area contributed by atoms with Crippen LogP contribution in [0.25, 0.3) is 0 Å². The van der Waals surface area contributed by atoms with Crippen molar-refractivity contribution in [2.45, 2.75) is 57.1 Å². The number of aromatic nitrogens is 1. The summed E-state index contributed by atoms with van der Waals surface area (Å²) >= 11 is 0. The molecule has 2 aromatic rings. The molecule has 0 unspecified atom stereocenters. The van der Waals surface area contributed by atoms with Crippen LogP contribution in [0.5, 0.6) is 0 Å². The van der Waals surface area contributed by atoms with Gasteiger partial charge in [0, 0.05) is 29.9 Å². The van der Waals surface area contributed by atoms with Crippen molar-refractivity contribution in [1.29, 1.82) is 0 Å². The molecule has 1 fully saturated rings. The Morgan fingerprint density at radius 3 is 2.69 bits per heavy atom. The molecule has 0 bridgehead atoms. The second-order valence-electron chi connectivity index (χ2n) is 7.68. The molecule has 2 N–H and O–H groups in total. The lowest BCUT2D eigenvalue weighted by atomic mass is 9.75. The molecule has 0 radical (unpaired) electrons. The van der Waals surface area contributed by atoms with Crippen molar-refractivity contribution in [1.82, 2.24) is 10.3 Å². The van der Waals surface area contributed by atoms with Crippen LogP contribution >= 0.6 is 0 Å². The molecule has 1 heterocycles. The molecule has 4 nitrogen and oxygen atoms in total. The van der Waals surface area contributed by atoms with Crippen LogP contribution in [-0.4, -0.2) is 28.1 Å². The first-order chi connectivity index (χ1) is 12.7. The second-order valence-corrected chi connectivity index (χ2v) is 7.68. The maximum Gasteiger partial charge on any atom is 0.251 e. The minimum atomic E-state index is -0.230. The van der Waals surface area contributed by atoms with Crippen LogP contribution in [0.15, 0.2) is 42.6 Å². The summed E-state index contributed by atoms with van der Waals surface area (Å²) in [5.41, 5.74) is 4.44. The van der Waals surface area contributed by atoms with Crippen molar-refractivity contribution in [2.75, 3.05) is 0 Å². The standard InChI is InChI=1S/C22H26N2O2/c25-20-12-18(13-20)21(14-19-7-3-4-10-23-19)24-22(26)17-9-8-15-5-1-2-6-16(15)11-17/h3-4,7-11,18,20-21,25H,1-2,5-6,12-14H2,(H,24,26)/t18?,20?,21-/m0/s1. The van der Waals surface area contributed by atoms with Crippen molar-refractivity contribution in [3.8, 4) is 0 Å². The van der Waals surface area contributed by atoms with Gasteiger partial charge in [0.1, 0.15) is 0 Å².